The van der Waals surface area contributed by atoms with Crippen LogP contribution in [-0.4, -0.2) is 77.8 Å². The molecule has 0 aromatic heterocycles. The van der Waals surface area contributed by atoms with Gasteiger partial charge in [0.15, 0.2) is 11.5 Å². The number of benzene rings is 1. The quantitative estimate of drug-likeness (QED) is 0.456. The number of aldehydes is 1. The van der Waals surface area contributed by atoms with Crippen LogP contribution in [0.15, 0.2) is 23.8 Å². The molecule has 1 aromatic carbocycles. The molecule has 2 fully saturated rings. The van der Waals surface area contributed by atoms with Crippen LogP contribution in [0.1, 0.15) is 73.2 Å². The predicted molar refractivity (Wildman–Crippen MR) is 135 cm³/mol. The number of nitrogens with one attached hydrogen (secondary N) is 1. The van der Waals surface area contributed by atoms with Gasteiger partial charge in [-0.2, -0.15) is 0 Å². The normalized spacial score (nSPS) is 27.2. The van der Waals surface area contributed by atoms with Crippen molar-refractivity contribution in [1.29, 1.82) is 0 Å². The molecule has 200 valence electrons. The fraction of sp³-hybridized carbons (Fsp3) is 0.607. The largest absolute Gasteiger partial charge is 0.493 e. The Morgan fingerprint density at radius 2 is 1.92 bits per heavy atom. The first-order valence-corrected chi connectivity index (χ1v) is 13.4. The number of rotatable bonds is 8. The minimum absolute atomic E-state index is 0.00367. The van der Waals surface area contributed by atoms with E-state index >= 15 is 0 Å². The molecule has 3 N–H and O–H groups in total. The number of amides is 2. The average Bonchev–Trinajstić information content (AvgIpc) is 3.27. The number of carbonyl (C=O) groups excluding carboxylic acids is 3. The highest BCUT2D eigenvalue weighted by molar-refractivity contribution is 5.96. The van der Waals surface area contributed by atoms with Gasteiger partial charge in [0.05, 0.1) is 25.7 Å². The Bertz CT molecular complexity index is 1080. The Kier molecular flexibility index (Phi) is 7.53. The number of methoxy groups -OCH3 is 1. The molecule has 4 aliphatic rings. The Balaban J connectivity index is 1.59. The van der Waals surface area contributed by atoms with E-state index in [0.717, 1.165) is 51.4 Å². The molecular weight excluding hydrogens is 476 g/mol. The maximum atomic E-state index is 13.8. The van der Waals surface area contributed by atoms with Crippen LogP contribution in [0.25, 0.3) is 0 Å². The van der Waals surface area contributed by atoms with Gasteiger partial charge in [0.25, 0.3) is 0 Å². The maximum absolute atomic E-state index is 13.8. The van der Waals surface area contributed by atoms with E-state index in [1.165, 1.54) is 7.11 Å². The Labute approximate surface area is 216 Å². The molecule has 0 unspecified atom stereocenters. The first-order valence-electron chi connectivity index (χ1n) is 13.4. The Morgan fingerprint density at radius 1 is 1.16 bits per heavy atom. The number of hydrogen-bond acceptors (Lipinski definition) is 7. The third kappa shape index (κ3) is 4.63. The molecular formula is C28H36N2O7. The van der Waals surface area contributed by atoms with Gasteiger partial charge in [-0.25, -0.2) is 0 Å². The van der Waals surface area contributed by atoms with E-state index in [1.54, 1.807) is 18.2 Å². The first-order chi connectivity index (χ1) is 18.0. The minimum atomic E-state index is -1.08. The van der Waals surface area contributed by atoms with Crippen molar-refractivity contribution in [1.82, 2.24) is 10.2 Å². The molecule has 37 heavy (non-hydrogen) atoms. The van der Waals surface area contributed by atoms with Crippen molar-refractivity contribution >= 4 is 18.1 Å². The van der Waals surface area contributed by atoms with E-state index < -0.39 is 30.1 Å². The molecule has 0 spiro atoms. The highest BCUT2D eigenvalue weighted by atomic mass is 16.5. The smallest absolute Gasteiger partial charge is 0.247 e. The minimum Gasteiger partial charge on any atom is -0.493 e. The first kappa shape index (κ1) is 25.7. The number of ether oxygens (including phenoxy) is 2. The van der Waals surface area contributed by atoms with E-state index in [1.807, 2.05) is 4.90 Å². The lowest BCUT2D eigenvalue weighted by atomic mass is 9.75. The van der Waals surface area contributed by atoms with E-state index in [0.29, 0.717) is 34.5 Å². The lowest BCUT2D eigenvalue weighted by molar-refractivity contribution is -0.148. The second-order valence-corrected chi connectivity index (χ2v) is 10.6. The highest BCUT2D eigenvalue weighted by Crippen LogP contribution is 2.51. The Hall–Kier alpha value is -2.91. The zero-order chi connectivity index (χ0) is 26.1. The Morgan fingerprint density at radius 3 is 2.54 bits per heavy atom. The molecule has 0 saturated heterocycles. The van der Waals surface area contributed by atoms with E-state index in [-0.39, 0.29) is 31.0 Å². The molecule has 5 rings (SSSR count). The van der Waals surface area contributed by atoms with Crippen molar-refractivity contribution in [2.24, 2.45) is 5.92 Å². The number of aliphatic hydroxyl groups excluding tert-OH is 2. The number of hydrogen-bond donors (Lipinski definition) is 3. The molecule has 1 aliphatic heterocycles. The van der Waals surface area contributed by atoms with Gasteiger partial charge in [-0.3, -0.25) is 14.4 Å². The van der Waals surface area contributed by atoms with E-state index in [4.69, 9.17) is 9.47 Å². The van der Waals surface area contributed by atoms with Gasteiger partial charge in [-0.05, 0) is 43.9 Å². The summed E-state index contributed by atoms with van der Waals surface area (Å²) in [7, 11) is 1.47. The number of nitrogens with zero attached hydrogens (tertiary/aromatic N) is 1. The van der Waals surface area contributed by atoms with Crippen LogP contribution in [0.3, 0.4) is 0 Å². The van der Waals surface area contributed by atoms with Crippen LogP contribution in [0.4, 0.5) is 0 Å². The van der Waals surface area contributed by atoms with Gasteiger partial charge in [0, 0.05) is 35.2 Å². The summed E-state index contributed by atoms with van der Waals surface area (Å²) in [4.78, 5) is 40.7. The van der Waals surface area contributed by atoms with Crippen LogP contribution in [0.2, 0.25) is 0 Å². The van der Waals surface area contributed by atoms with Crippen molar-refractivity contribution in [2.75, 3.05) is 20.3 Å². The molecule has 9 nitrogen and oxygen atoms in total. The van der Waals surface area contributed by atoms with Gasteiger partial charge in [0.1, 0.15) is 18.5 Å². The maximum Gasteiger partial charge on any atom is 0.247 e. The molecule has 0 radical (unpaired) electrons. The van der Waals surface area contributed by atoms with Gasteiger partial charge >= 0.3 is 0 Å². The van der Waals surface area contributed by atoms with Crippen LogP contribution < -0.4 is 14.8 Å². The van der Waals surface area contributed by atoms with E-state index in [9.17, 15) is 24.6 Å². The molecule has 9 heteroatoms. The molecule has 3 aliphatic carbocycles. The highest BCUT2D eigenvalue weighted by Gasteiger charge is 2.53. The summed E-state index contributed by atoms with van der Waals surface area (Å²) in [5.74, 6) is -0.318. The molecule has 4 atom stereocenters. The van der Waals surface area contributed by atoms with Crippen molar-refractivity contribution in [3.63, 3.8) is 0 Å². The number of carbonyl (C=O) groups is 3. The second-order valence-electron chi connectivity index (χ2n) is 10.6. The van der Waals surface area contributed by atoms with Crippen molar-refractivity contribution in [2.45, 2.75) is 81.6 Å². The molecule has 0 bridgehead atoms. The summed E-state index contributed by atoms with van der Waals surface area (Å²) in [5.41, 5.74) is 1.32. The summed E-state index contributed by atoms with van der Waals surface area (Å²) < 4.78 is 11.8. The third-order valence-electron chi connectivity index (χ3n) is 8.41. The predicted octanol–water partition coefficient (Wildman–Crippen LogP) is 2.09. The summed E-state index contributed by atoms with van der Waals surface area (Å²) in [6, 6.07) is 2.50. The fourth-order valence-electron chi connectivity index (χ4n) is 6.32. The standard InChI is InChI=1S/C28H36N2O7/c1-36-22-13-16(15-32)12-19-23-20(27(34)29-10-11-31)14-21(24(33)26(23)37-25(19)22)30(18-8-3-2-4-9-18)28(35)17-6-5-7-17/h12-15,17-18,21,23-24,26,31,33H,2-11H2,1H3,(H,29,34)/t21-,23+,24+,26+/m1/s1. The van der Waals surface area contributed by atoms with Crippen LogP contribution in [0, 0.1) is 5.92 Å². The van der Waals surface area contributed by atoms with Gasteiger partial charge in [-0.1, -0.05) is 25.7 Å². The number of aliphatic hydroxyl groups is 2. The molecule has 1 aromatic rings. The monoisotopic (exact) mass is 512 g/mol. The van der Waals surface area contributed by atoms with Crippen molar-refractivity contribution in [3.05, 3.63) is 34.9 Å². The topological polar surface area (TPSA) is 125 Å². The zero-order valence-corrected chi connectivity index (χ0v) is 21.2. The summed E-state index contributed by atoms with van der Waals surface area (Å²) in [5, 5.41) is 23.8. The van der Waals surface area contributed by atoms with Crippen molar-refractivity contribution in [3.8, 4) is 11.5 Å². The van der Waals surface area contributed by atoms with Crippen molar-refractivity contribution < 1.29 is 34.1 Å². The SMILES string of the molecule is COc1cc(C=O)cc2c1O[C@@H]1[C@@H](O)[C@H](N(C(=O)C3CCC3)C3CCCCC3)C=C(C(=O)NCCO)[C@H]21. The second kappa shape index (κ2) is 10.8. The average molecular weight is 513 g/mol. The summed E-state index contributed by atoms with van der Waals surface area (Å²) in [6.07, 6.45) is 8.13. The van der Waals surface area contributed by atoms with E-state index in [2.05, 4.69) is 5.32 Å². The lowest BCUT2D eigenvalue weighted by Gasteiger charge is -2.47. The number of fused-ring (bicyclic) bond motifs is 3. The summed E-state index contributed by atoms with van der Waals surface area (Å²) >= 11 is 0. The lowest BCUT2D eigenvalue weighted by Crippen LogP contribution is -2.60. The molecule has 2 amide bonds. The zero-order valence-electron chi connectivity index (χ0n) is 21.2. The van der Waals surface area contributed by atoms with Crippen LogP contribution in [0.5, 0.6) is 11.5 Å². The van der Waals surface area contributed by atoms with Gasteiger partial charge < -0.3 is 29.9 Å². The molecule has 1 heterocycles. The van der Waals surface area contributed by atoms with Crippen LogP contribution in [-0.2, 0) is 9.59 Å². The summed E-state index contributed by atoms with van der Waals surface area (Å²) in [6.45, 7) is -0.150. The van der Waals surface area contributed by atoms with Crippen LogP contribution >= 0.6 is 0 Å². The third-order valence-corrected chi connectivity index (χ3v) is 8.41. The van der Waals surface area contributed by atoms with Gasteiger partial charge in [0.2, 0.25) is 11.8 Å². The molecule has 2 saturated carbocycles. The fourth-order valence-corrected chi connectivity index (χ4v) is 6.32. The van der Waals surface area contributed by atoms with Gasteiger partial charge in [-0.15, -0.1) is 0 Å².